The van der Waals surface area contributed by atoms with Crippen LogP contribution in [0.1, 0.15) is 25.7 Å². The summed E-state index contributed by atoms with van der Waals surface area (Å²) in [5, 5.41) is 2.61. The van der Waals surface area contributed by atoms with Crippen molar-refractivity contribution in [1.29, 1.82) is 0 Å². The monoisotopic (exact) mass is 376 g/mol. The van der Waals surface area contributed by atoms with E-state index in [4.69, 9.17) is 14.2 Å². The molecule has 1 fully saturated rings. The van der Waals surface area contributed by atoms with Gasteiger partial charge < -0.3 is 19.5 Å². The minimum absolute atomic E-state index is 0.0275. The van der Waals surface area contributed by atoms with Crippen LogP contribution in [0.4, 0.5) is 5.69 Å². The first kappa shape index (κ1) is 18.7. The van der Waals surface area contributed by atoms with Gasteiger partial charge in [-0.05, 0) is 12.1 Å². The quantitative estimate of drug-likeness (QED) is 0.579. The Labute approximate surface area is 155 Å². The number of ether oxygens (including phenoxy) is 3. The fourth-order valence-electron chi connectivity index (χ4n) is 2.73. The van der Waals surface area contributed by atoms with Crippen molar-refractivity contribution in [2.45, 2.75) is 25.7 Å². The molecular formula is C18H20N2O7. The van der Waals surface area contributed by atoms with Crippen molar-refractivity contribution in [3.05, 3.63) is 18.2 Å². The molecule has 0 aliphatic carbocycles. The van der Waals surface area contributed by atoms with Gasteiger partial charge in [0.2, 0.25) is 11.8 Å². The van der Waals surface area contributed by atoms with Gasteiger partial charge >= 0.3 is 5.97 Å². The van der Waals surface area contributed by atoms with E-state index in [1.807, 2.05) is 0 Å². The standard InChI is InChI=1S/C18H20N2O7/c21-15(11-27-18(24)6-7-20-16(22)4-5-17(20)23)19-12-2-3-13-14(10-12)26-9-1-8-25-13/h2-3,10H,1,4-9,11H2,(H,19,21). The summed E-state index contributed by atoms with van der Waals surface area (Å²) in [5.41, 5.74) is 0.494. The molecule has 0 saturated carbocycles. The third kappa shape index (κ3) is 4.96. The van der Waals surface area contributed by atoms with Crippen LogP contribution in [0.15, 0.2) is 18.2 Å². The lowest BCUT2D eigenvalue weighted by molar-refractivity contribution is -0.148. The SMILES string of the molecule is O=C(COC(=O)CCN1C(=O)CCC1=O)Nc1ccc2c(c1)OCCCO2. The molecule has 2 aliphatic heterocycles. The second-order valence-electron chi connectivity index (χ2n) is 6.11. The van der Waals surface area contributed by atoms with Crippen molar-refractivity contribution in [2.24, 2.45) is 0 Å². The van der Waals surface area contributed by atoms with Gasteiger partial charge in [0, 0.05) is 37.6 Å². The highest BCUT2D eigenvalue weighted by atomic mass is 16.5. The lowest BCUT2D eigenvalue weighted by atomic mass is 10.2. The van der Waals surface area contributed by atoms with Crippen LogP contribution >= 0.6 is 0 Å². The number of hydrogen-bond acceptors (Lipinski definition) is 7. The van der Waals surface area contributed by atoms with E-state index < -0.39 is 18.5 Å². The van der Waals surface area contributed by atoms with Gasteiger partial charge in [-0.3, -0.25) is 24.1 Å². The summed E-state index contributed by atoms with van der Waals surface area (Å²) in [6.07, 6.45) is 0.980. The van der Waals surface area contributed by atoms with Crippen molar-refractivity contribution in [1.82, 2.24) is 4.90 Å². The Bertz CT molecular complexity index is 746. The maximum absolute atomic E-state index is 11.9. The van der Waals surface area contributed by atoms with Gasteiger partial charge in [-0.2, -0.15) is 0 Å². The number of amides is 3. The molecule has 1 N–H and O–H groups in total. The number of imide groups is 1. The molecule has 0 atom stereocenters. The van der Waals surface area contributed by atoms with E-state index in [0.29, 0.717) is 30.4 Å². The Balaban J connectivity index is 1.43. The summed E-state index contributed by atoms with van der Waals surface area (Å²) in [6, 6.07) is 5.01. The zero-order valence-corrected chi connectivity index (χ0v) is 14.7. The summed E-state index contributed by atoms with van der Waals surface area (Å²) >= 11 is 0. The van der Waals surface area contributed by atoms with Crippen LogP contribution in [0, 0.1) is 0 Å². The van der Waals surface area contributed by atoms with E-state index in [1.165, 1.54) is 0 Å². The van der Waals surface area contributed by atoms with Gasteiger partial charge in [-0.25, -0.2) is 0 Å². The summed E-state index contributed by atoms with van der Waals surface area (Å²) < 4.78 is 15.9. The van der Waals surface area contributed by atoms with Crippen LogP contribution in [-0.2, 0) is 23.9 Å². The molecule has 9 nitrogen and oxygen atoms in total. The minimum Gasteiger partial charge on any atom is -0.490 e. The molecule has 9 heteroatoms. The molecule has 27 heavy (non-hydrogen) atoms. The number of carbonyl (C=O) groups excluding carboxylic acids is 4. The largest absolute Gasteiger partial charge is 0.490 e. The predicted molar refractivity (Wildman–Crippen MR) is 92.2 cm³/mol. The molecule has 2 heterocycles. The normalized spacial score (nSPS) is 16.1. The van der Waals surface area contributed by atoms with Gasteiger partial charge in [0.1, 0.15) is 0 Å². The lowest BCUT2D eigenvalue weighted by Crippen LogP contribution is -2.32. The summed E-state index contributed by atoms with van der Waals surface area (Å²) in [4.78, 5) is 47.6. The predicted octanol–water partition coefficient (Wildman–Crippen LogP) is 0.869. The first-order chi connectivity index (χ1) is 13.0. The van der Waals surface area contributed by atoms with Crippen LogP contribution in [-0.4, -0.2) is 55.0 Å². The molecule has 0 bridgehead atoms. The number of hydrogen-bond donors (Lipinski definition) is 1. The van der Waals surface area contributed by atoms with Crippen molar-refractivity contribution in [3.8, 4) is 11.5 Å². The molecule has 144 valence electrons. The minimum atomic E-state index is -0.656. The van der Waals surface area contributed by atoms with Crippen LogP contribution in [0.3, 0.4) is 0 Å². The third-order valence-corrected chi connectivity index (χ3v) is 4.09. The molecule has 0 radical (unpaired) electrons. The van der Waals surface area contributed by atoms with Crippen LogP contribution in [0.2, 0.25) is 0 Å². The Morgan fingerprint density at radius 2 is 1.78 bits per heavy atom. The molecule has 1 aromatic rings. The van der Waals surface area contributed by atoms with Crippen LogP contribution in [0.25, 0.3) is 0 Å². The smallest absolute Gasteiger partial charge is 0.308 e. The molecule has 2 aliphatic rings. The molecule has 0 spiro atoms. The highest BCUT2D eigenvalue weighted by Gasteiger charge is 2.29. The van der Waals surface area contributed by atoms with Crippen LogP contribution < -0.4 is 14.8 Å². The molecule has 1 aromatic carbocycles. The van der Waals surface area contributed by atoms with Crippen molar-refractivity contribution < 1.29 is 33.4 Å². The fourth-order valence-corrected chi connectivity index (χ4v) is 2.73. The van der Waals surface area contributed by atoms with Gasteiger partial charge in [-0.15, -0.1) is 0 Å². The second kappa shape index (κ2) is 8.52. The average molecular weight is 376 g/mol. The third-order valence-electron chi connectivity index (χ3n) is 4.09. The Morgan fingerprint density at radius 1 is 1.07 bits per heavy atom. The number of rotatable bonds is 6. The number of carbonyl (C=O) groups is 4. The number of nitrogens with one attached hydrogen (secondary N) is 1. The van der Waals surface area contributed by atoms with Gasteiger partial charge in [-0.1, -0.05) is 0 Å². The number of likely N-dealkylation sites (tertiary alicyclic amines) is 1. The van der Waals surface area contributed by atoms with Crippen molar-refractivity contribution in [3.63, 3.8) is 0 Å². The van der Waals surface area contributed by atoms with E-state index in [2.05, 4.69) is 5.32 Å². The van der Waals surface area contributed by atoms with Crippen molar-refractivity contribution >= 4 is 29.4 Å². The van der Waals surface area contributed by atoms with E-state index in [9.17, 15) is 19.2 Å². The lowest BCUT2D eigenvalue weighted by Gasteiger charge is -2.13. The first-order valence-corrected chi connectivity index (χ1v) is 8.71. The molecule has 1 saturated heterocycles. The number of esters is 1. The molecule has 3 amide bonds. The van der Waals surface area contributed by atoms with Crippen molar-refractivity contribution in [2.75, 3.05) is 31.7 Å². The Kier molecular flexibility index (Phi) is 5.90. The Morgan fingerprint density at radius 3 is 2.52 bits per heavy atom. The molecule has 0 aromatic heterocycles. The average Bonchev–Trinajstić information content (AvgIpc) is 2.84. The molecular weight excluding hydrogens is 356 g/mol. The summed E-state index contributed by atoms with van der Waals surface area (Å²) in [5.74, 6) is -0.590. The number of nitrogens with zero attached hydrogens (tertiary/aromatic N) is 1. The molecule has 3 rings (SSSR count). The summed E-state index contributed by atoms with van der Waals surface area (Å²) in [6.45, 7) is 0.614. The van der Waals surface area contributed by atoms with Gasteiger partial charge in [0.25, 0.3) is 5.91 Å². The zero-order chi connectivity index (χ0) is 19.2. The van der Waals surface area contributed by atoms with Gasteiger partial charge in [0.05, 0.1) is 19.6 Å². The highest BCUT2D eigenvalue weighted by Crippen LogP contribution is 2.32. The van der Waals surface area contributed by atoms with Gasteiger partial charge in [0.15, 0.2) is 18.1 Å². The van der Waals surface area contributed by atoms with E-state index in [1.54, 1.807) is 18.2 Å². The zero-order valence-electron chi connectivity index (χ0n) is 14.7. The second-order valence-corrected chi connectivity index (χ2v) is 6.11. The maximum Gasteiger partial charge on any atom is 0.308 e. The van der Waals surface area contributed by atoms with E-state index in [0.717, 1.165) is 11.3 Å². The van der Waals surface area contributed by atoms with E-state index >= 15 is 0 Å². The van der Waals surface area contributed by atoms with Crippen LogP contribution in [0.5, 0.6) is 11.5 Å². The highest BCUT2D eigenvalue weighted by molar-refractivity contribution is 6.02. The maximum atomic E-state index is 11.9. The fraction of sp³-hybridized carbons (Fsp3) is 0.444. The summed E-state index contributed by atoms with van der Waals surface area (Å²) in [7, 11) is 0. The number of fused-ring (bicyclic) bond motifs is 1. The number of benzene rings is 1. The Hall–Kier alpha value is -3.10. The first-order valence-electron chi connectivity index (χ1n) is 8.71. The number of anilines is 1. The molecule has 0 unspecified atom stereocenters. The topological polar surface area (TPSA) is 111 Å². The van der Waals surface area contributed by atoms with E-state index in [-0.39, 0.29) is 37.6 Å².